The van der Waals surface area contributed by atoms with Gasteiger partial charge in [-0.05, 0) is 19.1 Å². The lowest BCUT2D eigenvalue weighted by molar-refractivity contribution is 0.0659. The summed E-state index contributed by atoms with van der Waals surface area (Å²) < 4.78 is 6.62. The lowest BCUT2D eigenvalue weighted by atomic mass is 10.2. The molecule has 0 saturated carbocycles. The molecule has 7 nitrogen and oxygen atoms in total. The molecule has 0 radical (unpaired) electrons. The molecule has 2 rings (SSSR count). The molecule has 0 atom stereocenters. The van der Waals surface area contributed by atoms with Crippen molar-refractivity contribution in [2.24, 2.45) is 5.73 Å². The number of carbonyl (C=O) groups is 2. The van der Waals surface area contributed by atoms with E-state index in [4.69, 9.17) is 15.3 Å². The smallest absolute Gasteiger partial charge is 0.372 e. The number of furan rings is 1. The lowest BCUT2D eigenvalue weighted by Crippen LogP contribution is -2.12. The minimum absolute atomic E-state index is 0.0905. The Morgan fingerprint density at radius 3 is 2.78 bits per heavy atom. The molecule has 0 aliphatic rings. The molecule has 0 aromatic carbocycles. The van der Waals surface area contributed by atoms with Crippen molar-refractivity contribution in [1.29, 1.82) is 0 Å². The number of carboxylic acids is 1. The maximum Gasteiger partial charge on any atom is 0.372 e. The Balaban J connectivity index is 2.20. The minimum atomic E-state index is -1.11. The number of carbonyl (C=O) groups excluding carboxylic acids is 1. The largest absolute Gasteiger partial charge is 0.475 e. The van der Waals surface area contributed by atoms with Crippen LogP contribution < -0.4 is 5.73 Å². The lowest BCUT2D eigenvalue weighted by Gasteiger charge is -1.96. The van der Waals surface area contributed by atoms with E-state index < -0.39 is 11.9 Å². The predicted octanol–water partition coefficient (Wildman–Crippen LogP) is 0.630. The normalized spacial score (nSPS) is 10.5. The number of hydrogen-bond acceptors (Lipinski definition) is 4. The minimum Gasteiger partial charge on any atom is -0.475 e. The van der Waals surface area contributed by atoms with Crippen molar-refractivity contribution in [3.05, 3.63) is 41.1 Å². The number of primary amides is 1. The first kappa shape index (κ1) is 11.9. The molecule has 0 fully saturated rings. The third-order valence-electron chi connectivity index (χ3n) is 2.37. The van der Waals surface area contributed by atoms with Gasteiger partial charge >= 0.3 is 5.97 Å². The molecule has 2 heterocycles. The van der Waals surface area contributed by atoms with Crippen LogP contribution in [0.5, 0.6) is 0 Å². The number of aromatic nitrogens is 2. The third kappa shape index (κ3) is 2.24. The molecule has 1 amide bonds. The topological polar surface area (TPSA) is 111 Å². The van der Waals surface area contributed by atoms with Crippen LogP contribution in [0, 0.1) is 6.92 Å². The van der Waals surface area contributed by atoms with E-state index >= 15 is 0 Å². The van der Waals surface area contributed by atoms with Crippen molar-refractivity contribution < 1.29 is 19.1 Å². The van der Waals surface area contributed by atoms with E-state index in [1.807, 2.05) is 0 Å². The molecular weight excluding hydrogens is 238 g/mol. The highest BCUT2D eigenvalue weighted by Crippen LogP contribution is 2.15. The summed E-state index contributed by atoms with van der Waals surface area (Å²) >= 11 is 0. The molecule has 2 aromatic rings. The van der Waals surface area contributed by atoms with Crippen molar-refractivity contribution in [3.8, 4) is 0 Å². The van der Waals surface area contributed by atoms with Crippen molar-refractivity contribution in [2.45, 2.75) is 13.5 Å². The van der Waals surface area contributed by atoms with Gasteiger partial charge in [-0.3, -0.25) is 9.48 Å². The van der Waals surface area contributed by atoms with Gasteiger partial charge in [0.05, 0.1) is 6.54 Å². The molecule has 2 aromatic heterocycles. The molecule has 0 aliphatic carbocycles. The van der Waals surface area contributed by atoms with E-state index in [9.17, 15) is 9.59 Å². The van der Waals surface area contributed by atoms with E-state index in [-0.39, 0.29) is 18.0 Å². The van der Waals surface area contributed by atoms with E-state index in [1.54, 1.807) is 19.2 Å². The van der Waals surface area contributed by atoms with E-state index in [0.717, 1.165) is 0 Å². The molecule has 7 heteroatoms. The molecule has 94 valence electrons. The van der Waals surface area contributed by atoms with Gasteiger partial charge in [0.25, 0.3) is 5.91 Å². The van der Waals surface area contributed by atoms with Gasteiger partial charge in [-0.25, -0.2) is 4.79 Å². The van der Waals surface area contributed by atoms with E-state index in [0.29, 0.717) is 11.3 Å². The summed E-state index contributed by atoms with van der Waals surface area (Å²) in [5.41, 5.74) is 5.76. The van der Waals surface area contributed by atoms with Crippen molar-refractivity contribution >= 4 is 11.9 Å². The van der Waals surface area contributed by atoms with Crippen molar-refractivity contribution in [3.63, 3.8) is 0 Å². The van der Waals surface area contributed by atoms with E-state index in [1.165, 1.54) is 10.7 Å². The first-order valence-corrected chi connectivity index (χ1v) is 5.13. The van der Waals surface area contributed by atoms with Crippen LogP contribution in [-0.2, 0) is 6.54 Å². The number of rotatable bonds is 4. The summed E-state index contributed by atoms with van der Waals surface area (Å²) in [7, 11) is 0. The third-order valence-corrected chi connectivity index (χ3v) is 2.37. The van der Waals surface area contributed by atoms with Gasteiger partial charge in [-0.1, -0.05) is 0 Å². The molecule has 0 bridgehead atoms. The zero-order valence-corrected chi connectivity index (χ0v) is 9.58. The summed E-state index contributed by atoms with van der Waals surface area (Å²) in [6, 6.07) is 3.10. The van der Waals surface area contributed by atoms with Gasteiger partial charge in [0.15, 0.2) is 0 Å². The second kappa shape index (κ2) is 4.36. The number of amides is 1. The monoisotopic (exact) mass is 249 g/mol. The van der Waals surface area contributed by atoms with Crippen LogP contribution in [0.15, 0.2) is 22.7 Å². The highest BCUT2D eigenvalue weighted by atomic mass is 16.4. The fourth-order valence-electron chi connectivity index (χ4n) is 1.58. The standard InChI is InChI=1S/C11H11N3O4/c1-6-4-7(18-9(6)11(16)17)5-14-3-2-8(13-14)10(12)15/h2-4H,5H2,1H3,(H2,12,15)(H,16,17). The molecule has 3 N–H and O–H groups in total. The summed E-state index contributed by atoms with van der Waals surface area (Å²) in [6.45, 7) is 1.88. The Morgan fingerprint density at radius 1 is 1.56 bits per heavy atom. The van der Waals surface area contributed by atoms with E-state index in [2.05, 4.69) is 5.10 Å². The maximum absolute atomic E-state index is 10.9. The molecule has 0 unspecified atom stereocenters. The van der Waals surface area contributed by atoms with Crippen LogP contribution in [0.3, 0.4) is 0 Å². The van der Waals surface area contributed by atoms with Gasteiger partial charge in [0.1, 0.15) is 11.5 Å². The zero-order valence-electron chi connectivity index (χ0n) is 9.58. The number of aryl methyl sites for hydroxylation is 1. The number of aromatic carboxylic acids is 1. The number of nitrogens with two attached hydrogens (primary N) is 1. The number of carboxylic acid groups (broad SMARTS) is 1. The molecule has 18 heavy (non-hydrogen) atoms. The Morgan fingerprint density at radius 2 is 2.28 bits per heavy atom. The van der Waals surface area contributed by atoms with Gasteiger partial charge in [0, 0.05) is 11.8 Å². The Bertz CT molecular complexity index is 612. The number of nitrogens with zero attached hydrogens (tertiary/aromatic N) is 2. The summed E-state index contributed by atoms with van der Waals surface area (Å²) in [5.74, 6) is -1.37. The second-order valence-corrected chi connectivity index (χ2v) is 3.79. The SMILES string of the molecule is Cc1cc(Cn2ccc(C(N)=O)n2)oc1C(=O)O. The second-order valence-electron chi connectivity index (χ2n) is 3.79. The number of hydrogen-bond donors (Lipinski definition) is 2. The van der Waals surface area contributed by atoms with Crippen LogP contribution in [-0.4, -0.2) is 26.8 Å². The maximum atomic E-state index is 10.9. The molecule has 0 saturated heterocycles. The highest BCUT2D eigenvalue weighted by molar-refractivity contribution is 5.90. The average Bonchev–Trinajstić information content (AvgIpc) is 2.86. The van der Waals surface area contributed by atoms with Crippen molar-refractivity contribution in [2.75, 3.05) is 0 Å². The van der Waals surface area contributed by atoms with Crippen LogP contribution in [0.25, 0.3) is 0 Å². The fraction of sp³-hybridized carbons (Fsp3) is 0.182. The Kier molecular flexibility index (Phi) is 2.88. The Hall–Kier alpha value is -2.57. The predicted molar refractivity (Wildman–Crippen MR) is 60.3 cm³/mol. The fourth-order valence-corrected chi connectivity index (χ4v) is 1.58. The van der Waals surface area contributed by atoms with Crippen LogP contribution in [0.2, 0.25) is 0 Å². The van der Waals surface area contributed by atoms with Crippen LogP contribution in [0.1, 0.15) is 32.4 Å². The summed E-state index contributed by atoms with van der Waals surface area (Å²) in [6.07, 6.45) is 1.57. The molecule has 0 spiro atoms. The van der Waals surface area contributed by atoms with Gasteiger partial charge in [0.2, 0.25) is 5.76 Å². The average molecular weight is 249 g/mol. The molecular formula is C11H11N3O4. The zero-order chi connectivity index (χ0) is 13.3. The highest BCUT2D eigenvalue weighted by Gasteiger charge is 2.15. The van der Waals surface area contributed by atoms with Gasteiger partial charge in [-0.2, -0.15) is 5.10 Å². The van der Waals surface area contributed by atoms with Crippen LogP contribution >= 0.6 is 0 Å². The summed E-state index contributed by atoms with van der Waals surface area (Å²) in [4.78, 5) is 21.7. The van der Waals surface area contributed by atoms with Gasteiger partial charge in [-0.15, -0.1) is 0 Å². The first-order chi connectivity index (χ1) is 8.47. The quantitative estimate of drug-likeness (QED) is 0.825. The van der Waals surface area contributed by atoms with Crippen LogP contribution in [0.4, 0.5) is 0 Å². The molecule has 0 aliphatic heterocycles. The Labute approximate surface area is 102 Å². The summed E-state index contributed by atoms with van der Waals surface area (Å²) in [5, 5.41) is 12.8. The van der Waals surface area contributed by atoms with Crippen molar-refractivity contribution in [1.82, 2.24) is 9.78 Å². The first-order valence-electron chi connectivity index (χ1n) is 5.13. The van der Waals surface area contributed by atoms with Gasteiger partial charge < -0.3 is 15.3 Å².